The SMILES string of the molecule is C[C@H](CC[C@@H](O[C@@H]1O[C@H](CO)C[C@H](O)C1O[C@@H]1OC(CO)C[C@H](O)[C@H]1O)C(C)(C)O)C1CC[C@@]2(C)C3CC=C4C(CC[C@H](O)C4(C)C)[C@]3(C)CC[C@]12C. The Morgan fingerprint density at radius 2 is 1.47 bits per heavy atom. The van der Waals surface area contributed by atoms with E-state index in [1.54, 1.807) is 13.8 Å². The van der Waals surface area contributed by atoms with Crippen LogP contribution in [0.3, 0.4) is 0 Å². The van der Waals surface area contributed by atoms with Crippen LogP contribution in [0.2, 0.25) is 0 Å². The average molecular weight is 753 g/mol. The molecule has 5 fully saturated rings. The van der Waals surface area contributed by atoms with Gasteiger partial charge in [0.15, 0.2) is 12.6 Å². The summed E-state index contributed by atoms with van der Waals surface area (Å²) in [6.45, 7) is 17.2. The summed E-state index contributed by atoms with van der Waals surface area (Å²) in [7, 11) is 0. The lowest BCUT2D eigenvalue weighted by Gasteiger charge is -2.66. The molecule has 4 aliphatic carbocycles. The summed E-state index contributed by atoms with van der Waals surface area (Å²) >= 11 is 0. The molecule has 3 saturated carbocycles. The van der Waals surface area contributed by atoms with E-state index in [4.69, 9.17) is 18.9 Å². The molecule has 0 aromatic rings. The van der Waals surface area contributed by atoms with Crippen LogP contribution in [0.15, 0.2) is 11.6 Å². The molecule has 0 aromatic carbocycles. The Hall–Kier alpha value is -0.700. The van der Waals surface area contributed by atoms with Gasteiger partial charge in [0.2, 0.25) is 0 Å². The number of ether oxygens (including phenoxy) is 4. The van der Waals surface area contributed by atoms with Crippen LogP contribution in [-0.2, 0) is 18.9 Å². The molecule has 0 spiro atoms. The van der Waals surface area contributed by atoms with Gasteiger partial charge < -0.3 is 54.7 Å². The summed E-state index contributed by atoms with van der Waals surface area (Å²) in [5.74, 6) is 1.98. The van der Waals surface area contributed by atoms with Crippen LogP contribution >= 0.6 is 0 Å². The predicted octanol–water partition coefficient (Wildman–Crippen LogP) is 4.21. The molecule has 0 aromatic heterocycles. The molecule has 0 amide bonds. The van der Waals surface area contributed by atoms with Crippen LogP contribution < -0.4 is 0 Å². The van der Waals surface area contributed by atoms with Gasteiger partial charge in [-0.15, -0.1) is 0 Å². The highest BCUT2D eigenvalue weighted by atomic mass is 16.8. The lowest BCUT2D eigenvalue weighted by atomic mass is 9.39. The Morgan fingerprint density at radius 1 is 0.830 bits per heavy atom. The van der Waals surface area contributed by atoms with Crippen LogP contribution in [0.4, 0.5) is 0 Å². The third kappa shape index (κ3) is 7.34. The molecule has 6 aliphatic rings. The van der Waals surface area contributed by atoms with Gasteiger partial charge in [-0.1, -0.05) is 53.2 Å². The molecule has 11 nitrogen and oxygen atoms in total. The van der Waals surface area contributed by atoms with Gasteiger partial charge in [0.05, 0.1) is 55.4 Å². The van der Waals surface area contributed by atoms with Crippen LogP contribution in [0.1, 0.15) is 126 Å². The molecule has 53 heavy (non-hydrogen) atoms. The van der Waals surface area contributed by atoms with Crippen molar-refractivity contribution in [1.29, 1.82) is 0 Å². The maximum atomic E-state index is 11.4. The van der Waals surface area contributed by atoms with Crippen molar-refractivity contribution in [2.45, 2.75) is 193 Å². The van der Waals surface area contributed by atoms with E-state index in [0.29, 0.717) is 30.1 Å². The van der Waals surface area contributed by atoms with E-state index in [2.05, 4.69) is 47.6 Å². The van der Waals surface area contributed by atoms with Crippen LogP contribution in [0, 0.1) is 45.3 Å². The second kappa shape index (κ2) is 15.2. The number of aliphatic hydroxyl groups excluding tert-OH is 6. The molecule has 0 bridgehead atoms. The first-order valence-electron chi connectivity index (χ1n) is 20.7. The van der Waals surface area contributed by atoms with E-state index in [-0.39, 0.29) is 53.8 Å². The largest absolute Gasteiger partial charge is 0.394 e. The summed E-state index contributed by atoms with van der Waals surface area (Å²) in [5.41, 5.74) is 0.615. The number of hydrogen-bond donors (Lipinski definition) is 7. The zero-order chi connectivity index (χ0) is 38.9. The topological polar surface area (TPSA) is 179 Å². The van der Waals surface area contributed by atoms with E-state index in [0.717, 1.165) is 32.1 Å². The second-order valence-corrected chi connectivity index (χ2v) is 19.9. The fourth-order valence-corrected chi connectivity index (χ4v) is 12.6. The molecule has 2 heterocycles. The van der Waals surface area contributed by atoms with Gasteiger partial charge in [0.1, 0.15) is 12.2 Å². The molecular formula is C42H72O11. The highest BCUT2D eigenvalue weighted by Crippen LogP contribution is 2.75. The molecule has 2 saturated heterocycles. The quantitative estimate of drug-likeness (QED) is 0.151. The molecule has 5 unspecified atom stereocenters. The first-order chi connectivity index (χ1) is 24.7. The van der Waals surface area contributed by atoms with Crippen molar-refractivity contribution in [2.24, 2.45) is 45.3 Å². The minimum absolute atomic E-state index is 0.0355. The Balaban J connectivity index is 1.16. The van der Waals surface area contributed by atoms with Crippen molar-refractivity contribution in [3.05, 3.63) is 11.6 Å². The van der Waals surface area contributed by atoms with Crippen molar-refractivity contribution in [3.8, 4) is 0 Å². The van der Waals surface area contributed by atoms with Crippen LogP contribution in [-0.4, -0.2) is 116 Å². The van der Waals surface area contributed by atoms with Gasteiger partial charge in [0.25, 0.3) is 0 Å². The van der Waals surface area contributed by atoms with Gasteiger partial charge >= 0.3 is 0 Å². The summed E-state index contributed by atoms with van der Waals surface area (Å²) < 4.78 is 24.3. The Morgan fingerprint density at radius 3 is 2.11 bits per heavy atom. The zero-order valence-electron chi connectivity index (χ0n) is 33.6. The van der Waals surface area contributed by atoms with Crippen LogP contribution in [0.25, 0.3) is 0 Å². The third-order valence-electron chi connectivity index (χ3n) is 16.2. The number of hydrogen-bond acceptors (Lipinski definition) is 11. The fourth-order valence-electron chi connectivity index (χ4n) is 12.6. The molecule has 306 valence electrons. The monoisotopic (exact) mass is 753 g/mol. The van der Waals surface area contributed by atoms with Crippen molar-refractivity contribution >= 4 is 0 Å². The Kier molecular flexibility index (Phi) is 12.1. The molecule has 2 aliphatic heterocycles. The van der Waals surface area contributed by atoms with E-state index >= 15 is 0 Å². The smallest absolute Gasteiger partial charge is 0.187 e. The van der Waals surface area contributed by atoms with Crippen LogP contribution in [0.5, 0.6) is 0 Å². The van der Waals surface area contributed by atoms with E-state index in [1.807, 2.05) is 0 Å². The highest BCUT2D eigenvalue weighted by molar-refractivity contribution is 5.30. The second-order valence-electron chi connectivity index (χ2n) is 19.9. The average Bonchev–Trinajstić information content (AvgIpc) is 3.37. The van der Waals surface area contributed by atoms with E-state index in [1.165, 1.54) is 24.8 Å². The molecule has 17 atom stereocenters. The third-order valence-corrected chi connectivity index (χ3v) is 16.2. The lowest BCUT2D eigenvalue weighted by molar-refractivity contribution is -0.355. The Bertz CT molecular complexity index is 1300. The number of rotatable bonds is 11. The number of allylic oxidation sites excluding steroid dienone is 1. The molecule has 7 N–H and O–H groups in total. The summed E-state index contributed by atoms with van der Waals surface area (Å²) in [4.78, 5) is 0. The molecular weight excluding hydrogens is 680 g/mol. The maximum absolute atomic E-state index is 11.4. The van der Waals surface area contributed by atoms with E-state index in [9.17, 15) is 35.7 Å². The van der Waals surface area contributed by atoms with Crippen molar-refractivity contribution in [3.63, 3.8) is 0 Å². The summed E-state index contributed by atoms with van der Waals surface area (Å²) in [5, 5.41) is 74.2. The van der Waals surface area contributed by atoms with Gasteiger partial charge in [0, 0.05) is 18.3 Å². The number of aliphatic hydroxyl groups is 7. The predicted molar refractivity (Wildman–Crippen MR) is 198 cm³/mol. The zero-order valence-corrected chi connectivity index (χ0v) is 33.6. The minimum Gasteiger partial charge on any atom is -0.394 e. The summed E-state index contributed by atoms with van der Waals surface area (Å²) in [6, 6.07) is 0. The normalized spacial score (nSPS) is 48.2. The standard InChI is InChI=1S/C42H72O11/c1-23(26-15-16-42(8)31-12-10-27-28(11-13-32(47)38(27,2)3)40(31,6)17-18-41(26,42)7)9-14-33(39(4,5)49)52-37-35(30(46)20-25(22-44)51-37)53-36-34(48)29(45)19-24(21-43)50-36/h10,23-26,28-37,43-49H,9,11-22H2,1-8H3/t23-,24?,25+,26?,28?,29+,30+,31?,32+,33-,34-,35?,36+,37+,40+,41-,42+/m1/s1. The summed E-state index contributed by atoms with van der Waals surface area (Å²) in [6.07, 6.45) is 1.75. The lowest BCUT2D eigenvalue weighted by Crippen LogP contribution is -2.59. The van der Waals surface area contributed by atoms with Crippen molar-refractivity contribution in [1.82, 2.24) is 0 Å². The Labute approximate surface area is 317 Å². The van der Waals surface area contributed by atoms with Crippen molar-refractivity contribution in [2.75, 3.05) is 13.2 Å². The molecule has 11 heteroatoms. The van der Waals surface area contributed by atoms with Gasteiger partial charge in [-0.3, -0.25) is 0 Å². The minimum atomic E-state index is -1.42. The first kappa shape index (κ1) is 41.9. The fraction of sp³-hybridized carbons (Fsp3) is 0.952. The molecule has 6 rings (SSSR count). The first-order valence-corrected chi connectivity index (χ1v) is 20.7. The number of fused-ring (bicyclic) bond motifs is 5. The van der Waals surface area contributed by atoms with E-state index < -0.39 is 60.9 Å². The maximum Gasteiger partial charge on any atom is 0.187 e. The van der Waals surface area contributed by atoms with Gasteiger partial charge in [-0.2, -0.15) is 0 Å². The van der Waals surface area contributed by atoms with Gasteiger partial charge in [-0.05, 0) is 112 Å². The van der Waals surface area contributed by atoms with Gasteiger partial charge in [-0.25, -0.2) is 0 Å². The van der Waals surface area contributed by atoms with Crippen molar-refractivity contribution < 1.29 is 54.7 Å². The molecule has 0 radical (unpaired) electrons. The highest BCUT2D eigenvalue weighted by Gasteiger charge is 2.67.